The van der Waals surface area contributed by atoms with Crippen LogP contribution in [0.25, 0.3) is 6.08 Å². The average molecular weight is 325 g/mol. The lowest BCUT2D eigenvalue weighted by Gasteiger charge is -2.11. The molecular formula is C19H17O5-. The summed E-state index contributed by atoms with van der Waals surface area (Å²) in [5.74, 6) is -0.736. The van der Waals surface area contributed by atoms with Crippen molar-refractivity contribution < 1.29 is 24.2 Å². The molecule has 2 aromatic rings. The Hall–Kier alpha value is -3.08. The Bertz CT molecular complexity index is 777. The van der Waals surface area contributed by atoms with Gasteiger partial charge in [-0.25, -0.2) is 0 Å². The minimum atomic E-state index is -1.31. The van der Waals surface area contributed by atoms with Crippen LogP contribution in [-0.2, 0) is 4.79 Å². The van der Waals surface area contributed by atoms with E-state index in [-0.39, 0.29) is 5.78 Å². The van der Waals surface area contributed by atoms with Crippen molar-refractivity contribution in [3.05, 3.63) is 65.2 Å². The predicted octanol–water partition coefficient (Wildman–Crippen LogP) is 2.03. The van der Waals surface area contributed by atoms with E-state index < -0.39 is 12.6 Å². The predicted molar refractivity (Wildman–Crippen MR) is 88.0 cm³/mol. The average Bonchev–Trinajstić information content (AvgIpc) is 2.58. The highest BCUT2D eigenvalue weighted by atomic mass is 16.5. The number of hydrogen-bond donors (Lipinski definition) is 0. The molecule has 0 aliphatic rings. The van der Waals surface area contributed by atoms with Crippen LogP contribution in [0, 0.1) is 6.92 Å². The molecule has 0 saturated heterocycles. The first-order valence-electron chi connectivity index (χ1n) is 7.30. The third-order valence-electron chi connectivity index (χ3n) is 3.37. The molecule has 0 radical (unpaired) electrons. The van der Waals surface area contributed by atoms with Gasteiger partial charge in [-0.3, -0.25) is 4.79 Å². The fourth-order valence-corrected chi connectivity index (χ4v) is 2.15. The van der Waals surface area contributed by atoms with E-state index in [4.69, 9.17) is 9.47 Å². The molecule has 0 amide bonds. The Morgan fingerprint density at radius 1 is 1.12 bits per heavy atom. The van der Waals surface area contributed by atoms with E-state index in [2.05, 4.69) is 0 Å². The van der Waals surface area contributed by atoms with Gasteiger partial charge in [-0.05, 0) is 36.3 Å². The van der Waals surface area contributed by atoms with Gasteiger partial charge in [0.15, 0.2) is 17.3 Å². The normalized spacial score (nSPS) is 10.6. The van der Waals surface area contributed by atoms with Crippen LogP contribution >= 0.6 is 0 Å². The summed E-state index contributed by atoms with van der Waals surface area (Å²) in [4.78, 5) is 22.7. The van der Waals surface area contributed by atoms with Gasteiger partial charge in [-0.2, -0.15) is 0 Å². The first-order chi connectivity index (χ1) is 11.5. The summed E-state index contributed by atoms with van der Waals surface area (Å²) >= 11 is 0. The maximum absolute atomic E-state index is 12.2. The number of allylic oxidation sites excluding steroid dienone is 1. The summed E-state index contributed by atoms with van der Waals surface area (Å²) in [5, 5.41) is 10.5. The van der Waals surface area contributed by atoms with Crippen LogP contribution in [0.1, 0.15) is 21.5 Å². The molecule has 124 valence electrons. The molecule has 0 heterocycles. The highest BCUT2D eigenvalue weighted by molar-refractivity contribution is 6.07. The molecule has 0 saturated carbocycles. The Kier molecular flexibility index (Phi) is 5.73. The number of ether oxygens (including phenoxy) is 2. The van der Waals surface area contributed by atoms with Gasteiger partial charge in [0.1, 0.15) is 6.61 Å². The standard InChI is InChI=1S/C19H18O5/c1-13-5-3-4-6-15(13)16(20)9-7-14-8-10-17(18(11-14)23-2)24-12-19(21)22/h3-11H,12H2,1-2H3,(H,21,22)/p-1/b9-7+. The summed E-state index contributed by atoms with van der Waals surface area (Å²) < 4.78 is 10.2. The molecule has 0 aliphatic carbocycles. The Balaban J connectivity index is 2.16. The van der Waals surface area contributed by atoms with Crippen LogP contribution in [-0.4, -0.2) is 25.5 Å². The lowest BCUT2D eigenvalue weighted by molar-refractivity contribution is -0.307. The highest BCUT2D eigenvalue weighted by Gasteiger charge is 2.07. The molecule has 5 nitrogen and oxygen atoms in total. The quantitative estimate of drug-likeness (QED) is 0.575. The van der Waals surface area contributed by atoms with E-state index >= 15 is 0 Å². The third-order valence-corrected chi connectivity index (χ3v) is 3.37. The van der Waals surface area contributed by atoms with E-state index in [1.807, 2.05) is 25.1 Å². The van der Waals surface area contributed by atoms with Crippen LogP contribution in [0.5, 0.6) is 11.5 Å². The van der Waals surface area contributed by atoms with Gasteiger partial charge in [0.25, 0.3) is 0 Å². The maximum atomic E-state index is 12.2. The molecule has 0 N–H and O–H groups in total. The number of carboxylic acid groups (broad SMARTS) is 1. The Morgan fingerprint density at radius 3 is 2.54 bits per heavy atom. The largest absolute Gasteiger partial charge is 0.546 e. The molecule has 24 heavy (non-hydrogen) atoms. The number of carbonyl (C=O) groups is 2. The maximum Gasteiger partial charge on any atom is 0.186 e. The van der Waals surface area contributed by atoms with Crippen molar-refractivity contribution in [2.75, 3.05) is 13.7 Å². The van der Waals surface area contributed by atoms with Gasteiger partial charge >= 0.3 is 0 Å². The van der Waals surface area contributed by atoms with Gasteiger partial charge in [-0.1, -0.05) is 36.4 Å². The number of ketones is 1. The van der Waals surface area contributed by atoms with E-state index in [9.17, 15) is 14.7 Å². The highest BCUT2D eigenvalue weighted by Crippen LogP contribution is 2.28. The molecule has 0 bridgehead atoms. The molecule has 0 fully saturated rings. The number of aryl methyl sites for hydroxylation is 1. The molecular weight excluding hydrogens is 308 g/mol. The van der Waals surface area contributed by atoms with Crippen molar-refractivity contribution in [3.8, 4) is 11.5 Å². The smallest absolute Gasteiger partial charge is 0.186 e. The molecule has 0 unspecified atom stereocenters. The Labute approximate surface area is 140 Å². The second-order valence-electron chi connectivity index (χ2n) is 5.08. The number of aliphatic carboxylic acids is 1. The monoisotopic (exact) mass is 325 g/mol. The lowest BCUT2D eigenvalue weighted by atomic mass is 10.0. The van der Waals surface area contributed by atoms with Crippen LogP contribution in [0.15, 0.2) is 48.5 Å². The molecule has 0 atom stereocenters. The van der Waals surface area contributed by atoms with Crippen molar-refractivity contribution in [2.24, 2.45) is 0 Å². The van der Waals surface area contributed by atoms with E-state index in [0.29, 0.717) is 17.1 Å². The molecule has 2 aromatic carbocycles. The number of hydrogen-bond acceptors (Lipinski definition) is 5. The zero-order valence-electron chi connectivity index (χ0n) is 13.4. The van der Waals surface area contributed by atoms with Gasteiger partial charge in [0.2, 0.25) is 0 Å². The second-order valence-corrected chi connectivity index (χ2v) is 5.08. The first kappa shape index (κ1) is 17.3. The summed E-state index contributed by atoms with van der Waals surface area (Å²) in [7, 11) is 1.45. The fourth-order valence-electron chi connectivity index (χ4n) is 2.15. The van der Waals surface area contributed by atoms with Crippen molar-refractivity contribution >= 4 is 17.8 Å². The van der Waals surface area contributed by atoms with Gasteiger partial charge in [0.05, 0.1) is 13.1 Å². The summed E-state index contributed by atoms with van der Waals surface area (Å²) in [6, 6.07) is 12.3. The van der Waals surface area contributed by atoms with Gasteiger partial charge in [0, 0.05) is 5.56 Å². The van der Waals surface area contributed by atoms with Crippen molar-refractivity contribution in [2.45, 2.75) is 6.92 Å². The van der Waals surface area contributed by atoms with Crippen LogP contribution in [0.3, 0.4) is 0 Å². The molecule has 0 aromatic heterocycles. The lowest BCUT2D eigenvalue weighted by Crippen LogP contribution is -2.29. The number of carboxylic acids is 1. The van der Waals surface area contributed by atoms with E-state index in [0.717, 1.165) is 11.1 Å². The van der Waals surface area contributed by atoms with Crippen LogP contribution < -0.4 is 14.6 Å². The molecule has 5 heteroatoms. The minimum absolute atomic E-state index is 0.0932. The van der Waals surface area contributed by atoms with Gasteiger partial charge < -0.3 is 19.4 Å². The molecule has 2 rings (SSSR count). The SMILES string of the molecule is COc1cc(/C=C/C(=O)c2ccccc2C)ccc1OCC(=O)[O-]. The topological polar surface area (TPSA) is 75.7 Å². The summed E-state index contributed by atoms with van der Waals surface area (Å²) in [6.07, 6.45) is 3.15. The fraction of sp³-hybridized carbons (Fsp3) is 0.158. The van der Waals surface area contributed by atoms with Crippen LogP contribution in [0.4, 0.5) is 0 Å². The number of carbonyl (C=O) groups excluding carboxylic acids is 2. The van der Waals surface area contributed by atoms with Crippen LogP contribution in [0.2, 0.25) is 0 Å². The van der Waals surface area contributed by atoms with E-state index in [1.54, 1.807) is 30.3 Å². The number of methoxy groups -OCH3 is 1. The number of rotatable bonds is 7. The second kappa shape index (κ2) is 7.97. The summed E-state index contributed by atoms with van der Waals surface area (Å²) in [6.45, 7) is 1.32. The number of benzene rings is 2. The zero-order valence-corrected chi connectivity index (χ0v) is 13.4. The van der Waals surface area contributed by atoms with Crippen molar-refractivity contribution in [1.82, 2.24) is 0 Å². The molecule has 0 aliphatic heterocycles. The van der Waals surface area contributed by atoms with E-state index in [1.165, 1.54) is 13.2 Å². The summed E-state index contributed by atoms with van der Waals surface area (Å²) in [5.41, 5.74) is 2.29. The first-order valence-corrected chi connectivity index (χ1v) is 7.30. The molecule has 0 spiro atoms. The van der Waals surface area contributed by atoms with Gasteiger partial charge in [-0.15, -0.1) is 0 Å². The van der Waals surface area contributed by atoms with Crippen molar-refractivity contribution in [1.29, 1.82) is 0 Å². The van der Waals surface area contributed by atoms with Crippen molar-refractivity contribution in [3.63, 3.8) is 0 Å². The zero-order chi connectivity index (χ0) is 17.5. The minimum Gasteiger partial charge on any atom is -0.546 e. The Morgan fingerprint density at radius 2 is 1.88 bits per heavy atom. The third kappa shape index (κ3) is 4.46.